The van der Waals surface area contributed by atoms with Crippen molar-refractivity contribution in [3.63, 3.8) is 0 Å². The van der Waals surface area contributed by atoms with Crippen LogP contribution in [-0.4, -0.2) is 28.5 Å². The molecule has 4 rings (SSSR count). The minimum absolute atomic E-state index is 0.126. The van der Waals surface area contributed by atoms with Crippen LogP contribution in [0, 0.1) is 0 Å². The highest BCUT2D eigenvalue weighted by Crippen LogP contribution is 2.31. The molecule has 0 saturated heterocycles. The van der Waals surface area contributed by atoms with Crippen molar-refractivity contribution in [1.82, 2.24) is 9.88 Å². The third-order valence-electron chi connectivity index (χ3n) is 5.74. The molecule has 0 spiro atoms. The Labute approximate surface area is 197 Å². The van der Waals surface area contributed by atoms with Gasteiger partial charge in [0.15, 0.2) is 6.10 Å². The second-order valence-corrected chi connectivity index (χ2v) is 8.14. The molecule has 1 atom stereocenters. The second kappa shape index (κ2) is 9.79. The standard InChI is InChI=1S/C27H27N3O4/c1-4-30-24-8-6-5-7-22(24)23-15-21(13-14-25(23)30)29-26(32)17(2)34-27(33)20-11-9-19(10-12-20)16-28-18(3)31/h5-15,17H,4,16H2,1-3H3,(H,28,31)(H,29,32). The van der Waals surface area contributed by atoms with Crippen LogP contribution in [0.2, 0.25) is 0 Å². The Morgan fingerprint density at radius 3 is 2.35 bits per heavy atom. The SMILES string of the molecule is CCn1c2ccccc2c2cc(NC(=O)C(C)OC(=O)c3ccc(CNC(C)=O)cc3)ccc21. The smallest absolute Gasteiger partial charge is 0.338 e. The highest BCUT2D eigenvalue weighted by molar-refractivity contribution is 6.10. The Morgan fingerprint density at radius 2 is 1.65 bits per heavy atom. The lowest BCUT2D eigenvalue weighted by Crippen LogP contribution is -2.30. The van der Waals surface area contributed by atoms with E-state index in [9.17, 15) is 14.4 Å². The Bertz CT molecular complexity index is 1370. The maximum absolute atomic E-state index is 12.7. The van der Waals surface area contributed by atoms with E-state index in [0.717, 1.165) is 33.9 Å². The summed E-state index contributed by atoms with van der Waals surface area (Å²) >= 11 is 0. The lowest BCUT2D eigenvalue weighted by molar-refractivity contribution is -0.123. The zero-order valence-electron chi connectivity index (χ0n) is 19.4. The monoisotopic (exact) mass is 457 g/mol. The predicted molar refractivity (Wildman–Crippen MR) is 133 cm³/mol. The maximum atomic E-state index is 12.7. The largest absolute Gasteiger partial charge is 0.449 e. The van der Waals surface area contributed by atoms with E-state index in [-0.39, 0.29) is 5.91 Å². The van der Waals surface area contributed by atoms with Gasteiger partial charge >= 0.3 is 5.97 Å². The summed E-state index contributed by atoms with van der Waals surface area (Å²) in [5.74, 6) is -1.12. The summed E-state index contributed by atoms with van der Waals surface area (Å²) < 4.78 is 7.60. The molecule has 1 heterocycles. The normalized spacial score (nSPS) is 11.9. The first-order valence-electron chi connectivity index (χ1n) is 11.2. The quantitative estimate of drug-likeness (QED) is 0.396. The van der Waals surface area contributed by atoms with Crippen LogP contribution in [-0.2, 0) is 27.4 Å². The second-order valence-electron chi connectivity index (χ2n) is 8.14. The van der Waals surface area contributed by atoms with E-state index < -0.39 is 18.0 Å². The van der Waals surface area contributed by atoms with Crippen LogP contribution >= 0.6 is 0 Å². The van der Waals surface area contributed by atoms with Gasteiger partial charge in [0, 0.05) is 47.5 Å². The predicted octanol–water partition coefficient (Wildman–Crippen LogP) is 4.63. The van der Waals surface area contributed by atoms with E-state index >= 15 is 0 Å². The molecule has 1 unspecified atom stereocenters. The van der Waals surface area contributed by atoms with Crippen molar-refractivity contribution in [3.8, 4) is 0 Å². The lowest BCUT2D eigenvalue weighted by Gasteiger charge is -2.14. The van der Waals surface area contributed by atoms with Gasteiger partial charge in [0.25, 0.3) is 5.91 Å². The van der Waals surface area contributed by atoms with Gasteiger partial charge in [-0.1, -0.05) is 30.3 Å². The molecular weight excluding hydrogens is 430 g/mol. The Kier molecular flexibility index (Phi) is 6.63. The number of ether oxygens (including phenoxy) is 1. The fourth-order valence-corrected chi connectivity index (χ4v) is 3.98. The summed E-state index contributed by atoms with van der Waals surface area (Å²) in [4.78, 5) is 36.2. The van der Waals surface area contributed by atoms with Gasteiger partial charge in [0.2, 0.25) is 5.91 Å². The molecular formula is C27H27N3O4. The van der Waals surface area contributed by atoms with E-state index in [2.05, 4.69) is 34.3 Å². The minimum atomic E-state index is -0.973. The number of hydrogen-bond acceptors (Lipinski definition) is 4. The number of carbonyl (C=O) groups is 3. The number of esters is 1. The van der Waals surface area contributed by atoms with Crippen molar-refractivity contribution in [2.24, 2.45) is 0 Å². The van der Waals surface area contributed by atoms with Crippen LogP contribution in [0.15, 0.2) is 66.7 Å². The number of nitrogens with one attached hydrogen (secondary N) is 2. The number of para-hydroxylation sites is 1. The van der Waals surface area contributed by atoms with Gasteiger partial charge in [0.05, 0.1) is 5.56 Å². The molecule has 0 aliphatic carbocycles. The number of anilines is 1. The van der Waals surface area contributed by atoms with Crippen LogP contribution in [0.4, 0.5) is 5.69 Å². The molecule has 0 saturated carbocycles. The molecule has 174 valence electrons. The first-order chi connectivity index (χ1) is 16.4. The summed E-state index contributed by atoms with van der Waals surface area (Å²) in [7, 11) is 0. The highest BCUT2D eigenvalue weighted by atomic mass is 16.5. The lowest BCUT2D eigenvalue weighted by atomic mass is 10.1. The summed E-state index contributed by atoms with van der Waals surface area (Å²) in [6.45, 7) is 6.31. The van der Waals surface area contributed by atoms with Gasteiger partial charge in [0.1, 0.15) is 0 Å². The third-order valence-corrected chi connectivity index (χ3v) is 5.74. The molecule has 4 aromatic rings. The first-order valence-corrected chi connectivity index (χ1v) is 11.2. The molecule has 1 aromatic heterocycles. The number of rotatable bonds is 7. The van der Waals surface area contributed by atoms with Crippen molar-refractivity contribution in [2.45, 2.75) is 40.0 Å². The van der Waals surface area contributed by atoms with Gasteiger partial charge in [-0.25, -0.2) is 4.79 Å². The Balaban J connectivity index is 1.43. The average Bonchev–Trinajstić information content (AvgIpc) is 3.16. The molecule has 0 bridgehead atoms. The molecule has 0 fully saturated rings. The van der Waals surface area contributed by atoms with Crippen molar-refractivity contribution in [1.29, 1.82) is 0 Å². The highest BCUT2D eigenvalue weighted by Gasteiger charge is 2.20. The van der Waals surface area contributed by atoms with Crippen LogP contribution in [0.1, 0.15) is 36.7 Å². The fraction of sp³-hybridized carbons (Fsp3) is 0.222. The van der Waals surface area contributed by atoms with E-state index in [0.29, 0.717) is 17.8 Å². The van der Waals surface area contributed by atoms with Crippen LogP contribution in [0.25, 0.3) is 21.8 Å². The topological polar surface area (TPSA) is 89.4 Å². The molecule has 34 heavy (non-hydrogen) atoms. The number of aryl methyl sites for hydroxylation is 1. The van der Waals surface area contributed by atoms with Gasteiger partial charge in [-0.05, 0) is 55.8 Å². The number of carbonyl (C=O) groups excluding carboxylic acids is 3. The molecule has 7 heteroatoms. The van der Waals surface area contributed by atoms with Gasteiger partial charge < -0.3 is 19.9 Å². The summed E-state index contributed by atoms with van der Waals surface area (Å²) in [6.07, 6.45) is -0.973. The molecule has 0 radical (unpaired) electrons. The number of hydrogen-bond donors (Lipinski definition) is 2. The third kappa shape index (κ3) is 4.78. The molecule has 3 aromatic carbocycles. The number of aromatic nitrogens is 1. The molecule has 2 amide bonds. The van der Waals surface area contributed by atoms with E-state index in [1.165, 1.54) is 6.92 Å². The zero-order chi connectivity index (χ0) is 24.2. The zero-order valence-corrected chi connectivity index (χ0v) is 19.4. The van der Waals surface area contributed by atoms with E-state index in [1.807, 2.05) is 30.3 Å². The first kappa shape index (κ1) is 23.0. The number of amides is 2. The molecule has 0 aliphatic rings. The summed E-state index contributed by atoms with van der Waals surface area (Å²) in [5.41, 5.74) is 4.08. The van der Waals surface area contributed by atoms with Gasteiger partial charge in [-0.15, -0.1) is 0 Å². The van der Waals surface area contributed by atoms with Gasteiger partial charge in [-0.2, -0.15) is 0 Å². The Hall–Kier alpha value is -4.13. The van der Waals surface area contributed by atoms with Crippen molar-refractivity contribution in [2.75, 3.05) is 5.32 Å². The summed E-state index contributed by atoms with van der Waals surface area (Å²) in [6, 6.07) is 20.7. The van der Waals surface area contributed by atoms with Crippen molar-refractivity contribution < 1.29 is 19.1 Å². The average molecular weight is 458 g/mol. The minimum Gasteiger partial charge on any atom is -0.449 e. The van der Waals surface area contributed by atoms with Crippen LogP contribution in [0.3, 0.4) is 0 Å². The van der Waals surface area contributed by atoms with Crippen molar-refractivity contribution >= 4 is 45.3 Å². The number of nitrogens with zero attached hydrogens (tertiary/aromatic N) is 1. The number of benzene rings is 3. The van der Waals surface area contributed by atoms with E-state index in [4.69, 9.17) is 4.74 Å². The maximum Gasteiger partial charge on any atom is 0.338 e. The van der Waals surface area contributed by atoms with E-state index in [1.54, 1.807) is 31.2 Å². The van der Waals surface area contributed by atoms with Gasteiger partial charge in [-0.3, -0.25) is 9.59 Å². The van der Waals surface area contributed by atoms with Crippen LogP contribution in [0.5, 0.6) is 0 Å². The van der Waals surface area contributed by atoms with Crippen molar-refractivity contribution in [3.05, 3.63) is 77.9 Å². The molecule has 0 aliphatic heterocycles. The van der Waals surface area contributed by atoms with Crippen LogP contribution < -0.4 is 10.6 Å². The molecule has 2 N–H and O–H groups in total. The Morgan fingerprint density at radius 1 is 0.941 bits per heavy atom. The molecule has 7 nitrogen and oxygen atoms in total. The number of fused-ring (bicyclic) bond motifs is 3. The summed E-state index contributed by atoms with van der Waals surface area (Å²) in [5, 5.41) is 7.73. The fourth-order valence-electron chi connectivity index (χ4n) is 3.98.